The van der Waals surface area contributed by atoms with Crippen LogP contribution in [0.5, 0.6) is 0 Å². The van der Waals surface area contributed by atoms with Crippen molar-refractivity contribution in [1.29, 1.82) is 0 Å². The van der Waals surface area contributed by atoms with Crippen molar-refractivity contribution in [1.82, 2.24) is 9.88 Å². The predicted octanol–water partition coefficient (Wildman–Crippen LogP) is 5.56. The SMILES string of the molecule is Cc1cc(C(C)OCC2(c3ccc(F)cc3)CCN(C)CC2)c2nc(F)ccc2c1. The van der Waals surface area contributed by atoms with Crippen LogP contribution >= 0.6 is 0 Å². The summed E-state index contributed by atoms with van der Waals surface area (Å²) in [6.45, 7) is 6.48. The number of piperidine rings is 1. The van der Waals surface area contributed by atoms with E-state index in [9.17, 15) is 8.78 Å². The molecule has 2 heterocycles. The fourth-order valence-electron chi connectivity index (χ4n) is 4.44. The van der Waals surface area contributed by atoms with Crippen molar-refractivity contribution in [3.05, 3.63) is 77.0 Å². The third-order valence-electron chi connectivity index (χ3n) is 6.38. The molecule has 0 saturated carbocycles. The minimum atomic E-state index is -0.488. The van der Waals surface area contributed by atoms with E-state index in [1.165, 1.54) is 18.2 Å². The van der Waals surface area contributed by atoms with Gasteiger partial charge in [0.05, 0.1) is 18.2 Å². The first-order chi connectivity index (χ1) is 14.4. The summed E-state index contributed by atoms with van der Waals surface area (Å²) in [6.07, 6.45) is 1.66. The second-order valence-electron chi connectivity index (χ2n) is 8.60. The second kappa shape index (κ2) is 8.40. The molecular formula is C25H28F2N2O. The molecule has 0 aliphatic carbocycles. The van der Waals surface area contributed by atoms with Crippen molar-refractivity contribution in [3.63, 3.8) is 0 Å². The highest BCUT2D eigenvalue weighted by Gasteiger charge is 2.36. The normalized spacial score (nSPS) is 17.9. The van der Waals surface area contributed by atoms with Crippen LogP contribution in [0.3, 0.4) is 0 Å². The number of hydrogen-bond acceptors (Lipinski definition) is 3. The summed E-state index contributed by atoms with van der Waals surface area (Å²) in [6, 6.07) is 14.0. The molecule has 0 amide bonds. The Morgan fingerprint density at radius 3 is 2.47 bits per heavy atom. The summed E-state index contributed by atoms with van der Waals surface area (Å²) in [7, 11) is 2.12. The van der Waals surface area contributed by atoms with Crippen molar-refractivity contribution >= 4 is 10.9 Å². The van der Waals surface area contributed by atoms with Gasteiger partial charge in [0, 0.05) is 16.4 Å². The van der Waals surface area contributed by atoms with Crippen molar-refractivity contribution in [2.45, 2.75) is 38.2 Å². The first-order valence-corrected chi connectivity index (χ1v) is 10.5. The number of benzene rings is 2. The summed E-state index contributed by atoms with van der Waals surface area (Å²) in [5.74, 6) is -0.714. The van der Waals surface area contributed by atoms with Crippen LogP contribution in [0.4, 0.5) is 8.78 Å². The zero-order valence-electron chi connectivity index (χ0n) is 17.8. The van der Waals surface area contributed by atoms with E-state index in [2.05, 4.69) is 16.9 Å². The highest BCUT2D eigenvalue weighted by Crippen LogP contribution is 2.38. The lowest BCUT2D eigenvalue weighted by Gasteiger charge is -2.41. The minimum absolute atomic E-state index is 0.160. The van der Waals surface area contributed by atoms with Gasteiger partial charge in [-0.1, -0.05) is 23.8 Å². The standard InChI is InChI=1S/C25H28F2N2O/c1-17-14-19-4-9-23(27)28-24(19)22(15-17)18(2)30-16-25(10-12-29(3)13-11-25)20-5-7-21(26)8-6-20/h4-9,14-15,18H,10-13,16H2,1-3H3. The van der Waals surface area contributed by atoms with E-state index in [1.54, 1.807) is 6.07 Å². The Balaban J connectivity index is 1.62. The minimum Gasteiger partial charge on any atom is -0.373 e. The van der Waals surface area contributed by atoms with Crippen LogP contribution in [0.1, 0.15) is 42.6 Å². The summed E-state index contributed by atoms with van der Waals surface area (Å²) in [5.41, 5.74) is 3.59. The Bertz CT molecular complexity index is 1030. The number of likely N-dealkylation sites (tertiary alicyclic amines) is 1. The van der Waals surface area contributed by atoms with Gasteiger partial charge in [0.2, 0.25) is 5.95 Å². The molecule has 1 aliphatic rings. The Labute approximate surface area is 176 Å². The molecule has 1 atom stereocenters. The van der Waals surface area contributed by atoms with Crippen LogP contribution in [0.25, 0.3) is 10.9 Å². The number of rotatable bonds is 5. The average molecular weight is 411 g/mol. The van der Waals surface area contributed by atoms with E-state index in [-0.39, 0.29) is 17.3 Å². The maximum absolute atomic E-state index is 13.8. The zero-order chi connectivity index (χ0) is 21.3. The highest BCUT2D eigenvalue weighted by atomic mass is 19.1. The molecule has 3 nitrogen and oxygen atoms in total. The molecule has 1 fully saturated rings. The van der Waals surface area contributed by atoms with Gasteiger partial charge < -0.3 is 9.64 Å². The van der Waals surface area contributed by atoms with E-state index < -0.39 is 5.95 Å². The monoisotopic (exact) mass is 410 g/mol. The maximum Gasteiger partial charge on any atom is 0.213 e. The van der Waals surface area contributed by atoms with Crippen molar-refractivity contribution in [2.24, 2.45) is 0 Å². The van der Waals surface area contributed by atoms with Crippen molar-refractivity contribution in [3.8, 4) is 0 Å². The fourth-order valence-corrected chi connectivity index (χ4v) is 4.44. The molecule has 1 saturated heterocycles. The lowest BCUT2D eigenvalue weighted by atomic mass is 9.73. The third kappa shape index (κ3) is 4.23. The molecule has 30 heavy (non-hydrogen) atoms. The molecule has 2 aromatic carbocycles. The van der Waals surface area contributed by atoms with E-state index in [0.29, 0.717) is 12.1 Å². The topological polar surface area (TPSA) is 25.4 Å². The van der Waals surface area contributed by atoms with Crippen LogP contribution in [0.2, 0.25) is 0 Å². The molecule has 0 radical (unpaired) electrons. The number of aromatic nitrogens is 1. The molecule has 4 rings (SSSR count). The first-order valence-electron chi connectivity index (χ1n) is 10.5. The zero-order valence-corrected chi connectivity index (χ0v) is 17.8. The summed E-state index contributed by atoms with van der Waals surface area (Å²) < 4.78 is 33.8. The number of nitrogens with zero attached hydrogens (tertiary/aromatic N) is 2. The van der Waals surface area contributed by atoms with Gasteiger partial charge in [-0.25, -0.2) is 9.37 Å². The summed E-state index contributed by atoms with van der Waals surface area (Å²) in [4.78, 5) is 6.44. The molecule has 158 valence electrons. The van der Waals surface area contributed by atoms with E-state index >= 15 is 0 Å². The molecule has 0 spiro atoms. The van der Waals surface area contributed by atoms with Gasteiger partial charge in [0.25, 0.3) is 0 Å². The number of aryl methyl sites for hydroxylation is 1. The Hall–Kier alpha value is -2.37. The number of halogens is 2. The van der Waals surface area contributed by atoms with Gasteiger partial charge in [-0.15, -0.1) is 0 Å². The van der Waals surface area contributed by atoms with E-state index in [0.717, 1.165) is 48.0 Å². The number of ether oxygens (including phenoxy) is 1. The van der Waals surface area contributed by atoms with Gasteiger partial charge in [-0.2, -0.15) is 4.39 Å². The lowest BCUT2D eigenvalue weighted by molar-refractivity contribution is 0.00693. The molecule has 0 bridgehead atoms. The smallest absolute Gasteiger partial charge is 0.213 e. The van der Waals surface area contributed by atoms with Crippen LogP contribution in [0, 0.1) is 18.7 Å². The van der Waals surface area contributed by atoms with Crippen molar-refractivity contribution < 1.29 is 13.5 Å². The van der Waals surface area contributed by atoms with Crippen LogP contribution in [-0.2, 0) is 10.2 Å². The summed E-state index contributed by atoms with van der Waals surface area (Å²) in [5, 5.41) is 0.911. The van der Waals surface area contributed by atoms with Gasteiger partial charge in [0.1, 0.15) is 5.82 Å². The third-order valence-corrected chi connectivity index (χ3v) is 6.38. The predicted molar refractivity (Wildman–Crippen MR) is 116 cm³/mol. The molecule has 1 unspecified atom stereocenters. The molecular weight excluding hydrogens is 382 g/mol. The van der Waals surface area contributed by atoms with Gasteiger partial charge in [-0.3, -0.25) is 0 Å². The van der Waals surface area contributed by atoms with Gasteiger partial charge in [0.15, 0.2) is 0 Å². The Morgan fingerprint density at radius 1 is 1.07 bits per heavy atom. The lowest BCUT2D eigenvalue weighted by Crippen LogP contribution is -2.44. The van der Waals surface area contributed by atoms with Crippen molar-refractivity contribution in [2.75, 3.05) is 26.7 Å². The molecule has 5 heteroatoms. The Kier molecular flexibility index (Phi) is 5.85. The maximum atomic E-state index is 13.8. The number of pyridine rings is 1. The van der Waals surface area contributed by atoms with Gasteiger partial charge >= 0.3 is 0 Å². The molecule has 1 aliphatic heterocycles. The van der Waals surface area contributed by atoms with Crippen LogP contribution in [-0.4, -0.2) is 36.6 Å². The molecule has 3 aromatic rings. The highest BCUT2D eigenvalue weighted by molar-refractivity contribution is 5.82. The second-order valence-corrected chi connectivity index (χ2v) is 8.60. The average Bonchev–Trinajstić information content (AvgIpc) is 2.74. The number of fused-ring (bicyclic) bond motifs is 1. The van der Waals surface area contributed by atoms with E-state index in [4.69, 9.17) is 4.74 Å². The van der Waals surface area contributed by atoms with Gasteiger partial charge in [-0.05, 0) is 82.7 Å². The van der Waals surface area contributed by atoms with Crippen LogP contribution < -0.4 is 0 Å². The fraction of sp³-hybridized carbons (Fsp3) is 0.400. The van der Waals surface area contributed by atoms with Crippen LogP contribution in [0.15, 0.2) is 48.5 Å². The number of hydrogen-bond donors (Lipinski definition) is 0. The quantitative estimate of drug-likeness (QED) is 0.515. The summed E-state index contributed by atoms with van der Waals surface area (Å²) >= 11 is 0. The Morgan fingerprint density at radius 2 is 1.77 bits per heavy atom. The molecule has 0 N–H and O–H groups in total. The first kappa shape index (κ1) is 20.9. The molecule has 1 aromatic heterocycles. The largest absolute Gasteiger partial charge is 0.373 e. The van der Waals surface area contributed by atoms with E-state index in [1.807, 2.05) is 38.1 Å².